The quantitative estimate of drug-likeness (QED) is 0.202. The number of amides is 3. The molecule has 0 aromatic heterocycles. The van der Waals surface area contributed by atoms with Crippen LogP contribution in [0.15, 0.2) is 30.3 Å². The van der Waals surface area contributed by atoms with Crippen LogP contribution in [0.3, 0.4) is 0 Å². The van der Waals surface area contributed by atoms with Gasteiger partial charge >= 0.3 is 5.97 Å². The van der Waals surface area contributed by atoms with Gasteiger partial charge in [-0.2, -0.15) is 0 Å². The van der Waals surface area contributed by atoms with Crippen molar-refractivity contribution in [3.63, 3.8) is 0 Å². The van der Waals surface area contributed by atoms with Crippen molar-refractivity contribution in [3.8, 4) is 0 Å². The van der Waals surface area contributed by atoms with E-state index >= 15 is 0 Å². The van der Waals surface area contributed by atoms with E-state index in [-0.39, 0.29) is 12.3 Å². The zero-order valence-electron chi connectivity index (χ0n) is 18.7. The van der Waals surface area contributed by atoms with Gasteiger partial charge in [-0.1, -0.05) is 30.3 Å². The van der Waals surface area contributed by atoms with E-state index in [0.717, 1.165) is 12.0 Å². The largest absolute Gasteiger partial charge is 0.480 e. The van der Waals surface area contributed by atoms with E-state index in [0.29, 0.717) is 13.0 Å². The molecule has 1 aliphatic heterocycles. The van der Waals surface area contributed by atoms with E-state index in [1.54, 1.807) is 24.3 Å². The van der Waals surface area contributed by atoms with E-state index in [1.165, 1.54) is 13.8 Å². The fraction of sp³-hybridized carbons (Fsp3) is 0.545. The van der Waals surface area contributed by atoms with Crippen molar-refractivity contribution in [3.05, 3.63) is 35.9 Å². The molecule has 7 N–H and O–H groups in total. The number of aliphatic hydroxyl groups excluding tert-OH is 2. The summed E-state index contributed by atoms with van der Waals surface area (Å²) in [6.45, 7) is 3.15. The molecule has 6 atom stereocenters. The molecule has 0 aliphatic carbocycles. The van der Waals surface area contributed by atoms with Gasteiger partial charge in [0.15, 0.2) is 6.04 Å². The van der Waals surface area contributed by atoms with Crippen molar-refractivity contribution < 1.29 is 34.5 Å². The number of carbonyl (C=O) groups excluding carboxylic acids is 3. The number of carboxylic acid groups (broad SMARTS) is 1. The highest BCUT2D eigenvalue weighted by atomic mass is 16.4. The van der Waals surface area contributed by atoms with Crippen LogP contribution in [0, 0.1) is 0 Å². The minimum Gasteiger partial charge on any atom is -0.480 e. The zero-order valence-corrected chi connectivity index (χ0v) is 18.7. The van der Waals surface area contributed by atoms with Gasteiger partial charge in [-0.15, -0.1) is 0 Å². The van der Waals surface area contributed by atoms with Crippen LogP contribution < -0.4 is 21.3 Å². The number of nitrogens with one attached hydrogen (secondary N) is 4. The molecule has 6 unspecified atom stereocenters. The lowest BCUT2D eigenvalue weighted by Crippen LogP contribution is -2.61. The Balaban J connectivity index is 2.16. The van der Waals surface area contributed by atoms with E-state index in [9.17, 15) is 34.5 Å². The van der Waals surface area contributed by atoms with Crippen LogP contribution in [0.5, 0.6) is 0 Å². The van der Waals surface area contributed by atoms with Gasteiger partial charge in [-0.05, 0) is 38.8 Å². The molecule has 3 amide bonds. The number of aliphatic hydroxyl groups is 2. The molecular formula is C22H32N4O7. The first kappa shape index (κ1) is 26.2. The number of carbonyl (C=O) groups is 4. The summed E-state index contributed by atoms with van der Waals surface area (Å²) in [7, 11) is 0. The Hall–Kier alpha value is -3.02. The predicted octanol–water partition coefficient (Wildman–Crippen LogP) is -1.72. The fourth-order valence-corrected chi connectivity index (χ4v) is 3.53. The van der Waals surface area contributed by atoms with Crippen LogP contribution in [0.4, 0.5) is 0 Å². The summed E-state index contributed by atoms with van der Waals surface area (Å²) in [6, 6.07) is 4.39. The van der Waals surface area contributed by atoms with Crippen molar-refractivity contribution in [1.29, 1.82) is 0 Å². The van der Waals surface area contributed by atoms with Gasteiger partial charge in [0.1, 0.15) is 12.1 Å². The summed E-state index contributed by atoms with van der Waals surface area (Å²) >= 11 is 0. The summed E-state index contributed by atoms with van der Waals surface area (Å²) in [5.41, 5.74) is 0.774. The summed E-state index contributed by atoms with van der Waals surface area (Å²) in [6.07, 6.45) is -1.15. The average Bonchev–Trinajstić information content (AvgIpc) is 3.30. The van der Waals surface area contributed by atoms with Gasteiger partial charge in [0.25, 0.3) is 0 Å². The van der Waals surface area contributed by atoms with Crippen molar-refractivity contribution in [2.24, 2.45) is 0 Å². The summed E-state index contributed by atoms with van der Waals surface area (Å²) in [5.74, 6) is -3.50. The Morgan fingerprint density at radius 1 is 0.970 bits per heavy atom. The molecule has 11 nitrogen and oxygen atoms in total. The SMILES string of the molecule is CC(O)C(NC(=O)C(NC(=O)C(Cc1ccccc1)NC(=O)C1CCCN1)C(C)O)C(=O)O. The molecule has 0 bridgehead atoms. The second kappa shape index (κ2) is 12.3. The van der Waals surface area contributed by atoms with Crippen molar-refractivity contribution in [2.75, 3.05) is 6.54 Å². The fourth-order valence-electron chi connectivity index (χ4n) is 3.53. The number of hydrogen-bond donors (Lipinski definition) is 7. The monoisotopic (exact) mass is 464 g/mol. The molecule has 11 heteroatoms. The highest BCUT2D eigenvalue weighted by Gasteiger charge is 2.34. The van der Waals surface area contributed by atoms with Gasteiger partial charge in [-0.25, -0.2) is 4.79 Å². The molecule has 0 spiro atoms. The number of rotatable bonds is 11. The van der Waals surface area contributed by atoms with Gasteiger partial charge in [0, 0.05) is 6.42 Å². The molecule has 1 aromatic carbocycles. The maximum Gasteiger partial charge on any atom is 0.328 e. The Bertz CT molecular complexity index is 825. The van der Waals surface area contributed by atoms with Gasteiger partial charge in [0.2, 0.25) is 17.7 Å². The minimum atomic E-state index is -1.62. The second-order valence-corrected chi connectivity index (χ2v) is 8.19. The van der Waals surface area contributed by atoms with E-state index in [4.69, 9.17) is 0 Å². The molecule has 1 saturated heterocycles. The molecule has 0 saturated carbocycles. The molecule has 1 aromatic rings. The molecule has 1 aliphatic rings. The van der Waals surface area contributed by atoms with E-state index in [1.807, 2.05) is 6.07 Å². The lowest BCUT2D eigenvalue weighted by molar-refractivity contribution is -0.146. The predicted molar refractivity (Wildman–Crippen MR) is 118 cm³/mol. The normalized spacial score (nSPS) is 20.1. The molecule has 182 valence electrons. The Labute approximate surface area is 191 Å². The van der Waals surface area contributed by atoms with Crippen molar-refractivity contribution in [1.82, 2.24) is 21.3 Å². The third kappa shape index (κ3) is 7.81. The molecule has 0 radical (unpaired) electrons. The zero-order chi connectivity index (χ0) is 24.5. The number of hydrogen-bond acceptors (Lipinski definition) is 7. The molecule has 1 heterocycles. The van der Waals surface area contributed by atoms with Crippen LogP contribution in [0.1, 0.15) is 32.3 Å². The highest BCUT2D eigenvalue weighted by molar-refractivity contribution is 5.94. The first-order valence-electron chi connectivity index (χ1n) is 10.9. The molecule has 2 rings (SSSR count). The highest BCUT2D eigenvalue weighted by Crippen LogP contribution is 2.09. The number of aliphatic carboxylic acids is 1. The third-order valence-electron chi connectivity index (χ3n) is 5.40. The van der Waals surface area contributed by atoms with Crippen molar-refractivity contribution >= 4 is 23.7 Å². The molecule has 1 fully saturated rings. The first-order chi connectivity index (χ1) is 15.6. The third-order valence-corrected chi connectivity index (χ3v) is 5.40. The topological polar surface area (TPSA) is 177 Å². The smallest absolute Gasteiger partial charge is 0.328 e. The maximum absolute atomic E-state index is 13.1. The van der Waals surface area contributed by atoms with Crippen LogP contribution in [0.2, 0.25) is 0 Å². The van der Waals surface area contributed by atoms with Gasteiger partial charge in [-0.3, -0.25) is 14.4 Å². The maximum atomic E-state index is 13.1. The number of carboxylic acids is 1. The molecular weight excluding hydrogens is 432 g/mol. The van der Waals surface area contributed by atoms with Crippen LogP contribution in [0.25, 0.3) is 0 Å². The summed E-state index contributed by atoms with van der Waals surface area (Å²) in [4.78, 5) is 49.6. The Morgan fingerprint density at radius 2 is 1.58 bits per heavy atom. The van der Waals surface area contributed by atoms with Crippen LogP contribution in [-0.2, 0) is 25.6 Å². The number of benzene rings is 1. The summed E-state index contributed by atoms with van der Waals surface area (Å²) < 4.78 is 0. The summed E-state index contributed by atoms with van der Waals surface area (Å²) in [5, 5.41) is 39.1. The van der Waals surface area contributed by atoms with E-state index in [2.05, 4.69) is 21.3 Å². The first-order valence-corrected chi connectivity index (χ1v) is 10.9. The van der Waals surface area contributed by atoms with Gasteiger partial charge in [0.05, 0.1) is 18.2 Å². The Morgan fingerprint density at radius 3 is 2.09 bits per heavy atom. The molecule has 33 heavy (non-hydrogen) atoms. The van der Waals surface area contributed by atoms with Crippen molar-refractivity contribution in [2.45, 2.75) is 69.5 Å². The standard InChI is InChI=1S/C22H32N4O7/c1-12(27)17(21(31)26-18(13(2)28)22(32)33)25-20(30)16(11-14-7-4-3-5-8-14)24-19(29)15-9-6-10-23-15/h3-5,7-8,12-13,15-18,23,27-28H,6,9-11H2,1-2H3,(H,24,29)(H,25,30)(H,26,31)(H,32,33). The minimum absolute atomic E-state index is 0.144. The lowest BCUT2D eigenvalue weighted by atomic mass is 10.0. The second-order valence-electron chi connectivity index (χ2n) is 8.19. The Kier molecular flexibility index (Phi) is 9.76. The van der Waals surface area contributed by atoms with Crippen LogP contribution >= 0.6 is 0 Å². The lowest BCUT2D eigenvalue weighted by Gasteiger charge is -2.27. The average molecular weight is 465 g/mol. The van der Waals surface area contributed by atoms with E-state index < -0.39 is 54.2 Å². The van der Waals surface area contributed by atoms with Gasteiger partial charge < -0.3 is 36.6 Å². The van der Waals surface area contributed by atoms with Crippen LogP contribution in [-0.4, -0.2) is 81.9 Å².